The Labute approximate surface area is 136 Å². The second-order valence-electron chi connectivity index (χ2n) is 5.18. The molecule has 6 nitrogen and oxygen atoms in total. The molecule has 1 aromatic carbocycles. The second-order valence-corrected chi connectivity index (χ2v) is 6.10. The van der Waals surface area contributed by atoms with Gasteiger partial charge in [0.15, 0.2) is 0 Å². The van der Waals surface area contributed by atoms with E-state index < -0.39 is 11.5 Å². The molecule has 120 valence electrons. The SMILES string of the molecule is COc1ccc(Br)cc1CC(=O)NC1(C(=O)O)CCOCC1. The highest BCUT2D eigenvalue weighted by Gasteiger charge is 2.41. The third-order valence-electron chi connectivity index (χ3n) is 3.73. The number of hydrogen-bond donors (Lipinski definition) is 2. The first-order valence-corrected chi connectivity index (χ1v) is 7.71. The number of hydrogen-bond acceptors (Lipinski definition) is 4. The molecule has 1 aliphatic rings. The van der Waals surface area contributed by atoms with Gasteiger partial charge in [-0.25, -0.2) is 4.79 Å². The van der Waals surface area contributed by atoms with E-state index >= 15 is 0 Å². The summed E-state index contributed by atoms with van der Waals surface area (Å²) in [7, 11) is 1.53. The lowest BCUT2D eigenvalue weighted by atomic mass is 9.89. The van der Waals surface area contributed by atoms with Crippen molar-refractivity contribution in [3.8, 4) is 5.75 Å². The molecule has 2 N–H and O–H groups in total. The van der Waals surface area contributed by atoms with Crippen molar-refractivity contribution in [1.29, 1.82) is 0 Å². The van der Waals surface area contributed by atoms with Crippen molar-refractivity contribution >= 4 is 27.8 Å². The van der Waals surface area contributed by atoms with Crippen LogP contribution in [0.25, 0.3) is 0 Å². The lowest BCUT2D eigenvalue weighted by molar-refractivity contribution is -0.152. The minimum atomic E-state index is -1.24. The van der Waals surface area contributed by atoms with Gasteiger partial charge in [-0.05, 0) is 18.2 Å². The molecule has 22 heavy (non-hydrogen) atoms. The number of ether oxygens (including phenoxy) is 2. The third-order valence-corrected chi connectivity index (χ3v) is 4.22. The van der Waals surface area contributed by atoms with Crippen LogP contribution in [0.3, 0.4) is 0 Å². The van der Waals surface area contributed by atoms with Crippen molar-refractivity contribution in [1.82, 2.24) is 5.32 Å². The predicted octanol–water partition coefficient (Wildman–Crippen LogP) is 1.75. The van der Waals surface area contributed by atoms with Crippen LogP contribution in [0, 0.1) is 0 Å². The topological polar surface area (TPSA) is 84.9 Å². The summed E-state index contributed by atoms with van der Waals surface area (Å²) in [4.78, 5) is 23.8. The molecule has 0 aliphatic carbocycles. The molecule has 1 fully saturated rings. The molecule has 0 bridgehead atoms. The van der Waals surface area contributed by atoms with Crippen molar-refractivity contribution in [3.63, 3.8) is 0 Å². The van der Waals surface area contributed by atoms with Gasteiger partial charge in [0.1, 0.15) is 11.3 Å². The average molecular weight is 372 g/mol. The van der Waals surface area contributed by atoms with Crippen molar-refractivity contribution in [2.24, 2.45) is 0 Å². The van der Waals surface area contributed by atoms with Gasteiger partial charge in [0, 0.05) is 36.1 Å². The number of rotatable bonds is 5. The lowest BCUT2D eigenvalue weighted by Gasteiger charge is -2.33. The van der Waals surface area contributed by atoms with Gasteiger partial charge in [0.2, 0.25) is 5.91 Å². The molecule has 1 saturated heterocycles. The highest BCUT2D eigenvalue weighted by molar-refractivity contribution is 9.10. The van der Waals surface area contributed by atoms with E-state index in [2.05, 4.69) is 21.2 Å². The normalized spacial score (nSPS) is 16.8. The van der Waals surface area contributed by atoms with Gasteiger partial charge >= 0.3 is 5.97 Å². The molecule has 1 aliphatic heterocycles. The molecule has 7 heteroatoms. The molecule has 0 aromatic heterocycles. The summed E-state index contributed by atoms with van der Waals surface area (Å²) in [5, 5.41) is 12.1. The van der Waals surface area contributed by atoms with Crippen LogP contribution in [-0.4, -0.2) is 42.8 Å². The molecule has 0 radical (unpaired) electrons. The first kappa shape index (κ1) is 16.8. The zero-order chi connectivity index (χ0) is 16.2. The maximum absolute atomic E-state index is 12.3. The zero-order valence-electron chi connectivity index (χ0n) is 12.2. The Kier molecular flexibility index (Phi) is 5.42. The predicted molar refractivity (Wildman–Crippen MR) is 83.0 cm³/mol. The fourth-order valence-electron chi connectivity index (χ4n) is 2.48. The first-order chi connectivity index (χ1) is 10.5. The van der Waals surface area contributed by atoms with Gasteiger partial charge in [-0.3, -0.25) is 4.79 Å². The molecule has 0 unspecified atom stereocenters. The second kappa shape index (κ2) is 7.11. The van der Waals surface area contributed by atoms with Gasteiger partial charge in [-0.15, -0.1) is 0 Å². The smallest absolute Gasteiger partial charge is 0.329 e. The summed E-state index contributed by atoms with van der Waals surface area (Å²) in [5.41, 5.74) is -0.545. The third kappa shape index (κ3) is 3.78. The highest BCUT2D eigenvalue weighted by Crippen LogP contribution is 2.25. The van der Waals surface area contributed by atoms with E-state index in [4.69, 9.17) is 9.47 Å². The van der Waals surface area contributed by atoms with E-state index in [0.29, 0.717) is 24.5 Å². The Morgan fingerprint density at radius 2 is 2.09 bits per heavy atom. The minimum absolute atomic E-state index is 0.0541. The van der Waals surface area contributed by atoms with Gasteiger partial charge in [0.05, 0.1) is 13.5 Å². The fraction of sp³-hybridized carbons (Fsp3) is 0.467. The van der Waals surface area contributed by atoms with Crippen molar-refractivity contribution in [2.45, 2.75) is 24.8 Å². The summed E-state index contributed by atoms with van der Waals surface area (Å²) in [5.74, 6) is -0.777. The number of nitrogens with one attached hydrogen (secondary N) is 1. The average Bonchev–Trinajstić information content (AvgIpc) is 2.48. The number of carbonyl (C=O) groups excluding carboxylic acids is 1. The summed E-state index contributed by atoms with van der Waals surface area (Å²) >= 11 is 3.35. The van der Waals surface area contributed by atoms with Gasteiger partial charge in [-0.2, -0.15) is 0 Å². The molecule has 0 spiro atoms. The first-order valence-electron chi connectivity index (χ1n) is 6.91. The minimum Gasteiger partial charge on any atom is -0.496 e. The van der Waals surface area contributed by atoms with Crippen LogP contribution in [0.15, 0.2) is 22.7 Å². The molecule has 0 atom stereocenters. The van der Waals surface area contributed by atoms with Crippen LogP contribution in [-0.2, 0) is 20.7 Å². The zero-order valence-corrected chi connectivity index (χ0v) is 13.8. The Morgan fingerprint density at radius 3 is 2.68 bits per heavy atom. The fourth-order valence-corrected chi connectivity index (χ4v) is 2.89. The van der Waals surface area contributed by atoms with Crippen LogP contribution in [0.2, 0.25) is 0 Å². The van der Waals surface area contributed by atoms with Crippen LogP contribution in [0.1, 0.15) is 18.4 Å². The van der Waals surface area contributed by atoms with Crippen LogP contribution in [0.5, 0.6) is 5.75 Å². The van der Waals surface area contributed by atoms with Gasteiger partial charge in [-0.1, -0.05) is 15.9 Å². The summed E-state index contributed by atoms with van der Waals surface area (Å²) in [6, 6.07) is 5.36. The summed E-state index contributed by atoms with van der Waals surface area (Å²) < 4.78 is 11.2. The molecule has 1 heterocycles. The summed E-state index contributed by atoms with van der Waals surface area (Å²) in [6.07, 6.45) is 0.589. The quantitative estimate of drug-likeness (QED) is 0.823. The molecular formula is C15H18BrNO5. The monoisotopic (exact) mass is 371 g/mol. The van der Waals surface area contributed by atoms with Crippen LogP contribution >= 0.6 is 15.9 Å². The number of carboxylic acids is 1. The standard InChI is InChI=1S/C15H18BrNO5/c1-21-12-3-2-11(16)8-10(12)9-13(18)17-15(14(19)20)4-6-22-7-5-15/h2-3,8H,4-7,9H2,1H3,(H,17,18)(H,19,20). The molecule has 2 rings (SSSR count). The number of amides is 1. The molecule has 0 saturated carbocycles. The molecule has 1 aromatic rings. The van der Waals surface area contributed by atoms with Gasteiger partial charge < -0.3 is 19.9 Å². The van der Waals surface area contributed by atoms with E-state index in [1.807, 2.05) is 6.07 Å². The van der Waals surface area contributed by atoms with E-state index in [1.165, 1.54) is 7.11 Å². The Hall–Kier alpha value is -1.60. The van der Waals surface area contributed by atoms with Gasteiger partial charge in [0.25, 0.3) is 0 Å². The maximum Gasteiger partial charge on any atom is 0.329 e. The number of halogens is 1. The Bertz CT molecular complexity index is 569. The lowest BCUT2D eigenvalue weighted by Crippen LogP contribution is -2.57. The van der Waals surface area contributed by atoms with E-state index in [9.17, 15) is 14.7 Å². The number of methoxy groups -OCH3 is 1. The van der Waals surface area contributed by atoms with Crippen LogP contribution in [0.4, 0.5) is 0 Å². The largest absolute Gasteiger partial charge is 0.496 e. The number of benzene rings is 1. The van der Waals surface area contributed by atoms with Crippen molar-refractivity contribution in [3.05, 3.63) is 28.2 Å². The number of aliphatic carboxylic acids is 1. The Balaban J connectivity index is 2.12. The van der Waals surface area contributed by atoms with E-state index in [0.717, 1.165) is 4.47 Å². The number of carbonyl (C=O) groups is 2. The van der Waals surface area contributed by atoms with Crippen molar-refractivity contribution < 1.29 is 24.2 Å². The van der Waals surface area contributed by atoms with E-state index in [-0.39, 0.29) is 25.2 Å². The van der Waals surface area contributed by atoms with Crippen molar-refractivity contribution in [2.75, 3.05) is 20.3 Å². The Morgan fingerprint density at radius 1 is 1.41 bits per heavy atom. The molecular weight excluding hydrogens is 354 g/mol. The van der Waals surface area contributed by atoms with E-state index in [1.54, 1.807) is 12.1 Å². The number of carboxylic acid groups (broad SMARTS) is 1. The highest BCUT2D eigenvalue weighted by atomic mass is 79.9. The molecule has 1 amide bonds. The maximum atomic E-state index is 12.3. The van der Waals surface area contributed by atoms with Crippen LogP contribution < -0.4 is 10.1 Å². The summed E-state index contributed by atoms with van der Waals surface area (Å²) in [6.45, 7) is 0.652.